The van der Waals surface area contributed by atoms with Crippen molar-refractivity contribution in [2.24, 2.45) is 0 Å². The maximum Gasteiger partial charge on any atom is 0.165 e. The number of nitriles is 1. The Morgan fingerprint density at radius 2 is 2.31 bits per heavy atom. The minimum atomic E-state index is 0.374. The Hall–Kier alpha value is -1.80. The summed E-state index contributed by atoms with van der Waals surface area (Å²) in [4.78, 5) is 4.00. The Labute approximate surface area is 76.8 Å². The van der Waals surface area contributed by atoms with Crippen LogP contribution in [0.5, 0.6) is 0 Å². The summed E-state index contributed by atoms with van der Waals surface area (Å²) in [5, 5.41) is 10.4. The van der Waals surface area contributed by atoms with Gasteiger partial charge in [-0.3, -0.25) is 0 Å². The fourth-order valence-electron chi connectivity index (χ4n) is 0.872. The molecule has 0 aliphatic carbocycles. The zero-order valence-corrected chi connectivity index (χ0v) is 7.57. The van der Waals surface area contributed by atoms with E-state index in [1.165, 1.54) is 0 Å². The van der Waals surface area contributed by atoms with Crippen LogP contribution in [0.15, 0.2) is 12.3 Å². The number of nitrogens with zero attached hydrogens (tertiary/aromatic N) is 3. The van der Waals surface area contributed by atoms with Crippen molar-refractivity contribution in [2.75, 3.05) is 25.3 Å². The highest BCUT2D eigenvalue weighted by Gasteiger charge is 2.05. The van der Waals surface area contributed by atoms with Gasteiger partial charge in [0.1, 0.15) is 6.07 Å². The monoisotopic (exact) mass is 177 g/mol. The summed E-state index contributed by atoms with van der Waals surface area (Å²) in [6.45, 7) is 0. The van der Waals surface area contributed by atoms with Crippen LogP contribution in [0.3, 0.4) is 0 Å². The summed E-state index contributed by atoms with van der Waals surface area (Å²) < 4.78 is 0. The van der Waals surface area contributed by atoms with E-state index in [1.54, 1.807) is 17.3 Å². The lowest BCUT2D eigenvalue weighted by Crippen LogP contribution is -2.21. The van der Waals surface area contributed by atoms with Gasteiger partial charge in [0.15, 0.2) is 5.82 Å². The van der Waals surface area contributed by atoms with Crippen LogP contribution in [0.4, 0.5) is 11.5 Å². The van der Waals surface area contributed by atoms with Crippen LogP contribution in [0.25, 0.3) is 0 Å². The van der Waals surface area contributed by atoms with E-state index < -0.39 is 0 Å². The van der Waals surface area contributed by atoms with E-state index in [0.717, 1.165) is 0 Å². The van der Waals surface area contributed by atoms with Crippen LogP contribution in [0.1, 0.15) is 5.56 Å². The second kappa shape index (κ2) is 3.74. The number of pyridine rings is 1. The molecule has 3 N–H and O–H groups in total. The molecule has 0 amide bonds. The lowest BCUT2D eigenvalue weighted by Gasteiger charge is -2.14. The summed E-state index contributed by atoms with van der Waals surface area (Å²) >= 11 is 0. The molecule has 0 fully saturated rings. The topological polar surface area (TPSA) is 78.0 Å². The Morgan fingerprint density at radius 3 is 2.85 bits per heavy atom. The molecule has 1 heterocycles. The van der Waals surface area contributed by atoms with Crippen molar-refractivity contribution >= 4 is 11.5 Å². The van der Waals surface area contributed by atoms with Gasteiger partial charge in [0.05, 0.1) is 11.3 Å². The van der Waals surface area contributed by atoms with Gasteiger partial charge < -0.3 is 11.2 Å². The van der Waals surface area contributed by atoms with Gasteiger partial charge in [-0.15, -0.1) is 0 Å². The molecule has 0 radical (unpaired) electrons. The maximum absolute atomic E-state index is 8.68. The standard InChI is InChI=1S/C8H11N5/c1-13(2)12-8-7(10)6(5-9)3-4-11-8/h3-4H,10H2,1-2H3,(H,11,12). The molecule has 0 spiro atoms. The van der Waals surface area contributed by atoms with Crippen molar-refractivity contribution in [2.45, 2.75) is 0 Å². The van der Waals surface area contributed by atoms with E-state index in [4.69, 9.17) is 11.0 Å². The Balaban J connectivity index is 3.03. The van der Waals surface area contributed by atoms with Crippen molar-refractivity contribution in [3.63, 3.8) is 0 Å². The van der Waals surface area contributed by atoms with Crippen LogP contribution >= 0.6 is 0 Å². The van der Waals surface area contributed by atoms with E-state index in [9.17, 15) is 0 Å². The quantitative estimate of drug-likeness (QED) is 0.640. The number of anilines is 2. The number of hydrazine groups is 1. The molecule has 1 rings (SSSR count). The summed E-state index contributed by atoms with van der Waals surface area (Å²) in [6.07, 6.45) is 1.54. The summed E-state index contributed by atoms with van der Waals surface area (Å²) in [5.41, 5.74) is 9.37. The molecule has 0 saturated heterocycles. The van der Waals surface area contributed by atoms with Gasteiger partial charge in [-0.1, -0.05) is 0 Å². The van der Waals surface area contributed by atoms with Crippen LogP contribution in [-0.2, 0) is 0 Å². The maximum atomic E-state index is 8.68. The first-order chi connectivity index (χ1) is 6.15. The van der Waals surface area contributed by atoms with Gasteiger partial charge in [0, 0.05) is 20.3 Å². The van der Waals surface area contributed by atoms with Crippen LogP contribution in [0, 0.1) is 11.3 Å². The number of nitrogens with one attached hydrogen (secondary N) is 1. The second-order valence-corrected chi connectivity index (χ2v) is 2.74. The zero-order valence-electron chi connectivity index (χ0n) is 7.57. The summed E-state index contributed by atoms with van der Waals surface area (Å²) in [5.74, 6) is 0.504. The predicted molar refractivity (Wildman–Crippen MR) is 50.7 cm³/mol. The van der Waals surface area contributed by atoms with E-state index in [0.29, 0.717) is 17.1 Å². The largest absolute Gasteiger partial charge is 0.395 e. The van der Waals surface area contributed by atoms with E-state index in [1.807, 2.05) is 20.2 Å². The van der Waals surface area contributed by atoms with Crippen LogP contribution in [-0.4, -0.2) is 24.1 Å². The molecule has 0 unspecified atom stereocenters. The molecule has 5 heteroatoms. The molecule has 0 aliphatic heterocycles. The summed E-state index contributed by atoms with van der Waals surface area (Å²) in [7, 11) is 3.64. The minimum absolute atomic E-state index is 0.374. The van der Waals surface area contributed by atoms with E-state index in [-0.39, 0.29) is 0 Å². The molecule has 1 aromatic rings. The average molecular weight is 177 g/mol. The molecule has 68 valence electrons. The number of nitrogen functional groups attached to an aromatic ring is 1. The van der Waals surface area contributed by atoms with E-state index in [2.05, 4.69) is 10.4 Å². The molecule has 0 aromatic carbocycles. The molecule has 0 atom stereocenters. The van der Waals surface area contributed by atoms with Crippen molar-refractivity contribution in [3.8, 4) is 6.07 Å². The first kappa shape index (κ1) is 9.29. The lowest BCUT2D eigenvalue weighted by molar-refractivity contribution is 0.493. The zero-order chi connectivity index (χ0) is 9.84. The molecule has 1 aromatic heterocycles. The van der Waals surface area contributed by atoms with Gasteiger partial charge in [0.2, 0.25) is 0 Å². The predicted octanol–water partition coefficient (Wildman–Crippen LogP) is 0.424. The van der Waals surface area contributed by atoms with Gasteiger partial charge >= 0.3 is 0 Å². The number of hydrogen-bond acceptors (Lipinski definition) is 5. The highest BCUT2D eigenvalue weighted by Crippen LogP contribution is 2.18. The highest BCUT2D eigenvalue weighted by atomic mass is 15.5. The number of nitrogens with two attached hydrogens (primary N) is 1. The van der Waals surface area contributed by atoms with E-state index >= 15 is 0 Å². The highest BCUT2D eigenvalue weighted by molar-refractivity contribution is 5.68. The molecular formula is C8H11N5. The third-order valence-electron chi connectivity index (χ3n) is 1.44. The van der Waals surface area contributed by atoms with Gasteiger partial charge in [0.25, 0.3) is 0 Å². The first-order valence-electron chi connectivity index (χ1n) is 3.73. The Bertz CT molecular complexity index is 339. The van der Waals surface area contributed by atoms with Crippen molar-refractivity contribution in [1.82, 2.24) is 9.99 Å². The van der Waals surface area contributed by atoms with Gasteiger partial charge in [-0.25, -0.2) is 9.99 Å². The lowest BCUT2D eigenvalue weighted by atomic mass is 10.2. The fourth-order valence-corrected chi connectivity index (χ4v) is 0.872. The number of hydrogen-bond donors (Lipinski definition) is 2. The molecule has 0 saturated carbocycles. The van der Waals surface area contributed by atoms with Crippen molar-refractivity contribution in [3.05, 3.63) is 17.8 Å². The molecule has 0 aliphatic rings. The van der Waals surface area contributed by atoms with Crippen LogP contribution in [0.2, 0.25) is 0 Å². The summed E-state index contributed by atoms with van der Waals surface area (Å²) in [6, 6.07) is 3.56. The van der Waals surface area contributed by atoms with Crippen LogP contribution < -0.4 is 11.2 Å². The molecule has 5 nitrogen and oxygen atoms in total. The molecule has 0 bridgehead atoms. The normalized spacial score (nSPS) is 9.69. The number of rotatable bonds is 2. The SMILES string of the molecule is CN(C)Nc1nccc(C#N)c1N. The Morgan fingerprint density at radius 1 is 1.62 bits per heavy atom. The van der Waals surface area contributed by atoms with Gasteiger partial charge in [-0.2, -0.15) is 5.26 Å². The third kappa shape index (κ3) is 2.07. The number of aromatic nitrogens is 1. The Kier molecular flexibility index (Phi) is 2.67. The van der Waals surface area contributed by atoms with Crippen molar-refractivity contribution in [1.29, 1.82) is 5.26 Å². The smallest absolute Gasteiger partial charge is 0.165 e. The molecule has 13 heavy (non-hydrogen) atoms. The first-order valence-corrected chi connectivity index (χ1v) is 3.73. The molecular weight excluding hydrogens is 166 g/mol. The average Bonchev–Trinajstić information content (AvgIpc) is 2.08. The van der Waals surface area contributed by atoms with Crippen molar-refractivity contribution < 1.29 is 0 Å². The minimum Gasteiger partial charge on any atom is -0.395 e. The fraction of sp³-hybridized carbons (Fsp3) is 0.250. The third-order valence-corrected chi connectivity index (χ3v) is 1.44. The second-order valence-electron chi connectivity index (χ2n) is 2.74. The van der Waals surface area contributed by atoms with Gasteiger partial charge in [-0.05, 0) is 6.07 Å².